The van der Waals surface area contributed by atoms with Crippen LogP contribution in [0.5, 0.6) is 0 Å². The molecule has 0 radical (unpaired) electrons. The van der Waals surface area contributed by atoms with Crippen LogP contribution in [-0.4, -0.2) is 24.3 Å². The highest BCUT2D eigenvalue weighted by molar-refractivity contribution is 5.71. The molecule has 1 saturated heterocycles. The number of esters is 1. The maximum atomic E-state index is 11.7. The van der Waals surface area contributed by atoms with E-state index in [9.17, 15) is 4.79 Å². The van der Waals surface area contributed by atoms with Crippen molar-refractivity contribution in [2.45, 2.75) is 52.2 Å². The van der Waals surface area contributed by atoms with Crippen LogP contribution in [0.3, 0.4) is 0 Å². The third-order valence-corrected chi connectivity index (χ3v) is 4.21. The highest BCUT2D eigenvalue weighted by atomic mass is 16.6. The summed E-state index contributed by atoms with van der Waals surface area (Å²) in [5, 5.41) is 0. The first-order valence-corrected chi connectivity index (χ1v) is 6.49. The van der Waals surface area contributed by atoms with E-state index in [1.165, 1.54) is 5.57 Å². The molecule has 1 aliphatic carbocycles. The van der Waals surface area contributed by atoms with Crippen LogP contribution in [0.4, 0.5) is 0 Å². The fourth-order valence-electron chi connectivity index (χ4n) is 3.38. The molecule has 0 saturated carbocycles. The molecule has 0 amide bonds. The van der Waals surface area contributed by atoms with Gasteiger partial charge in [-0.25, -0.2) is 0 Å². The lowest BCUT2D eigenvalue weighted by atomic mass is 9.67. The molecule has 0 aromatic carbocycles. The molecular formula is C14H22O3. The largest absolute Gasteiger partial charge is 0.456 e. The van der Waals surface area contributed by atoms with Crippen molar-refractivity contribution in [2.75, 3.05) is 6.61 Å². The van der Waals surface area contributed by atoms with E-state index in [-0.39, 0.29) is 12.1 Å². The second-order valence-corrected chi connectivity index (χ2v) is 5.47. The number of rotatable bonds is 2. The van der Waals surface area contributed by atoms with Crippen LogP contribution >= 0.6 is 0 Å². The van der Waals surface area contributed by atoms with Crippen molar-refractivity contribution in [3.8, 4) is 0 Å². The minimum Gasteiger partial charge on any atom is -0.456 e. The second kappa shape index (κ2) is 4.45. The van der Waals surface area contributed by atoms with Crippen molar-refractivity contribution in [3.05, 3.63) is 11.6 Å². The molecule has 1 fully saturated rings. The highest BCUT2D eigenvalue weighted by Crippen LogP contribution is 2.46. The maximum absolute atomic E-state index is 11.7. The highest BCUT2D eigenvalue weighted by Gasteiger charge is 2.53. The summed E-state index contributed by atoms with van der Waals surface area (Å²) in [4.78, 5) is 11.7. The predicted octanol–water partition coefficient (Wildman–Crippen LogP) is 2.70. The Balaban J connectivity index is 2.34. The standard InChI is InChI=1S/C14H22O3/c1-5-16-13-9(2)6-7-11-10(3)8-12(15)17-14(11,13)4/h6,10-11,13H,5,7-8H2,1-4H3/t10-,11-,13-,14-/m1/s1. The smallest absolute Gasteiger partial charge is 0.306 e. The lowest BCUT2D eigenvalue weighted by Gasteiger charge is -2.50. The summed E-state index contributed by atoms with van der Waals surface area (Å²) in [5.74, 6) is 0.657. The van der Waals surface area contributed by atoms with Gasteiger partial charge in [0.2, 0.25) is 0 Å². The Bertz CT molecular complexity index is 347. The van der Waals surface area contributed by atoms with E-state index in [1.54, 1.807) is 0 Å². The molecule has 0 aromatic rings. The summed E-state index contributed by atoms with van der Waals surface area (Å²) in [6.07, 6.45) is 3.67. The Morgan fingerprint density at radius 3 is 2.94 bits per heavy atom. The number of ether oxygens (including phenoxy) is 2. The van der Waals surface area contributed by atoms with Crippen molar-refractivity contribution in [1.29, 1.82) is 0 Å². The molecule has 0 spiro atoms. The van der Waals surface area contributed by atoms with Crippen LogP contribution in [0.15, 0.2) is 11.6 Å². The van der Waals surface area contributed by atoms with Crippen molar-refractivity contribution in [2.24, 2.45) is 11.8 Å². The maximum Gasteiger partial charge on any atom is 0.306 e. The van der Waals surface area contributed by atoms with Gasteiger partial charge in [-0.15, -0.1) is 0 Å². The first-order chi connectivity index (χ1) is 7.99. The van der Waals surface area contributed by atoms with Crippen LogP contribution in [0.2, 0.25) is 0 Å². The van der Waals surface area contributed by atoms with Gasteiger partial charge in [-0.05, 0) is 38.7 Å². The zero-order valence-corrected chi connectivity index (χ0v) is 11.2. The topological polar surface area (TPSA) is 35.5 Å². The minimum atomic E-state index is -0.483. The first-order valence-electron chi connectivity index (χ1n) is 6.49. The van der Waals surface area contributed by atoms with E-state index in [0.29, 0.717) is 24.9 Å². The zero-order valence-electron chi connectivity index (χ0n) is 11.2. The molecule has 4 atom stereocenters. The normalized spacial score (nSPS) is 41.5. The Hall–Kier alpha value is -0.830. The van der Waals surface area contributed by atoms with Crippen LogP contribution in [-0.2, 0) is 14.3 Å². The molecule has 0 unspecified atom stereocenters. The third-order valence-electron chi connectivity index (χ3n) is 4.21. The lowest BCUT2D eigenvalue weighted by molar-refractivity contribution is -0.203. The van der Waals surface area contributed by atoms with Gasteiger partial charge in [0, 0.05) is 18.9 Å². The fourth-order valence-corrected chi connectivity index (χ4v) is 3.38. The van der Waals surface area contributed by atoms with Gasteiger partial charge in [0.25, 0.3) is 0 Å². The molecular weight excluding hydrogens is 216 g/mol. The SMILES string of the molecule is CCO[C@@H]1C(C)=CC[C@@H]2[C@H](C)CC(=O)O[C@@]12C. The van der Waals surface area contributed by atoms with Gasteiger partial charge in [0.05, 0.1) is 0 Å². The van der Waals surface area contributed by atoms with E-state index in [1.807, 2.05) is 13.8 Å². The molecule has 1 aliphatic heterocycles. The summed E-state index contributed by atoms with van der Waals surface area (Å²) >= 11 is 0. The second-order valence-electron chi connectivity index (χ2n) is 5.47. The molecule has 0 N–H and O–H groups in total. The van der Waals surface area contributed by atoms with E-state index in [2.05, 4.69) is 19.9 Å². The van der Waals surface area contributed by atoms with E-state index in [4.69, 9.17) is 9.47 Å². The zero-order chi connectivity index (χ0) is 12.6. The molecule has 0 aromatic heterocycles. The monoisotopic (exact) mass is 238 g/mol. The van der Waals surface area contributed by atoms with Gasteiger partial charge >= 0.3 is 5.97 Å². The van der Waals surface area contributed by atoms with E-state index < -0.39 is 5.60 Å². The average Bonchev–Trinajstić information content (AvgIpc) is 2.22. The molecule has 0 bridgehead atoms. The summed E-state index contributed by atoms with van der Waals surface area (Å²) in [6.45, 7) is 8.86. The summed E-state index contributed by atoms with van der Waals surface area (Å²) in [6, 6.07) is 0. The third kappa shape index (κ3) is 2.01. The van der Waals surface area contributed by atoms with Gasteiger partial charge in [-0.3, -0.25) is 4.79 Å². The molecule has 2 aliphatic rings. The van der Waals surface area contributed by atoms with Crippen molar-refractivity contribution in [1.82, 2.24) is 0 Å². The minimum absolute atomic E-state index is 0.0852. The number of hydrogen-bond donors (Lipinski definition) is 0. The van der Waals surface area contributed by atoms with Crippen LogP contribution in [0, 0.1) is 11.8 Å². The summed E-state index contributed by atoms with van der Waals surface area (Å²) < 4.78 is 11.5. The van der Waals surface area contributed by atoms with Crippen molar-refractivity contribution >= 4 is 5.97 Å². The van der Waals surface area contributed by atoms with Crippen molar-refractivity contribution < 1.29 is 14.3 Å². The van der Waals surface area contributed by atoms with Crippen LogP contribution in [0.25, 0.3) is 0 Å². The quantitative estimate of drug-likeness (QED) is 0.548. The van der Waals surface area contributed by atoms with Gasteiger partial charge in [0.1, 0.15) is 11.7 Å². The Labute approximate surface area is 103 Å². The predicted molar refractivity (Wildman–Crippen MR) is 65.6 cm³/mol. The Morgan fingerprint density at radius 2 is 2.29 bits per heavy atom. The number of carbonyl (C=O) groups excluding carboxylic acids is 1. The Morgan fingerprint density at radius 1 is 1.59 bits per heavy atom. The number of fused-ring (bicyclic) bond motifs is 1. The van der Waals surface area contributed by atoms with Crippen LogP contribution < -0.4 is 0 Å². The number of allylic oxidation sites excluding steroid dienone is 1. The average molecular weight is 238 g/mol. The molecule has 96 valence electrons. The molecule has 1 heterocycles. The lowest BCUT2D eigenvalue weighted by Crippen LogP contribution is -2.58. The molecule has 17 heavy (non-hydrogen) atoms. The summed E-state index contributed by atoms with van der Waals surface area (Å²) in [7, 11) is 0. The molecule has 3 heteroatoms. The van der Waals surface area contributed by atoms with Gasteiger partial charge in [-0.1, -0.05) is 13.0 Å². The van der Waals surface area contributed by atoms with Crippen LogP contribution in [0.1, 0.15) is 40.5 Å². The number of carbonyl (C=O) groups is 1. The Kier molecular flexibility index (Phi) is 3.30. The molecule has 3 nitrogen and oxygen atoms in total. The van der Waals surface area contributed by atoms with E-state index >= 15 is 0 Å². The fraction of sp³-hybridized carbons (Fsp3) is 0.786. The van der Waals surface area contributed by atoms with Crippen molar-refractivity contribution in [3.63, 3.8) is 0 Å². The van der Waals surface area contributed by atoms with Gasteiger partial charge in [0.15, 0.2) is 0 Å². The van der Waals surface area contributed by atoms with E-state index in [0.717, 1.165) is 6.42 Å². The van der Waals surface area contributed by atoms with Gasteiger partial charge in [-0.2, -0.15) is 0 Å². The number of hydrogen-bond acceptors (Lipinski definition) is 3. The first kappa shape index (κ1) is 12.6. The summed E-state index contributed by atoms with van der Waals surface area (Å²) in [5.41, 5.74) is 0.705. The molecule has 2 rings (SSSR count). The van der Waals surface area contributed by atoms with Gasteiger partial charge < -0.3 is 9.47 Å².